The van der Waals surface area contributed by atoms with Crippen LogP contribution in [-0.2, 0) is 9.59 Å². The van der Waals surface area contributed by atoms with Gasteiger partial charge in [-0.2, -0.15) is 0 Å². The summed E-state index contributed by atoms with van der Waals surface area (Å²) in [7, 11) is 0. The van der Waals surface area contributed by atoms with Gasteiger partial charge in [0, 0.05) is 23.9 Å². The lowest BCUT2D eigenvalue weighted by Gasteiger charge is -2.06. The summed E-state index contributed by atoms with van der Waals surface area (Å²) in [6.45, 7) is 0.664. The van der Waals surface area contributed by atoms with Gasteiger partial charge in [0.1, 0.15) is 0 Å². The molecular formula is C17H22ClNO3. The van der Waals surface area contributed by atoms with E-state index >= 15 is 0 Å². The van der Waals surface area contributed by atoms with Crippen LogP contribution >= 0.6 is 11.6 Å². The molecule has 1 saturated carbocycles. The van der Waals surface area contributed by atoms with E-state index in [4.69, 9.17) is 16.7 Å². The molecule has 22 heavy (non-hydrogen) atoms. The first-order valence-electron chi connectivity index (χ1n) is 7.83. The Kier molecular flexibility index (Phi) is 6.25. The van der Waals surface area contributed by atoms with E-state index in [0.717, 1.165) is 36.3 Å². The normalized spacial score (nSPS) is 19.7. The standard InChI is InChI=1S/C17H22ClNO3/c18-15-8-5-4-7-12(15)13-11-14(13)17(22)19-10-6-2-1-3-9-16(20)21/h4-5,7-8,13-14H,1-3,6,9-11H2,(H,19,22)(H,20,21). The molecule has 1 aliphatic carbocycles. The maximum atomic E-state index is 12.0. The minimum Gasteiger partial charge on any atom is -0.481 e. The number of aliphatic carboxylic acids is 1. The van der Waals surface area contributed by atoms with E-state index in [1.807, 2.05) is 24.3 Å². The fraction of sp³-hybridized carbons (Fsp3) is 0.529. The van der Waals surface area contributed by atoms with Gasteiger partial charge in [0.15, 0.2) is 0 Å². The molecule has 0 aromatic heterocycles. The van der Waals surface area contributed by atoms with Gasteiger partial charge in [0.25, 0.3) is 0 Å². The van der Waals surface area contributed by atoms with Crippen LogP contribution in [0.2, 0.25) is 5.02 Å². The smallest absolute Gasteiger partial charge is 0.303 e. The Morgan fingerprint density at radius 1 is 1.18 bits per heavy atom. The molecule has 4 nitrogen and oxygen atoms in total. The highest BCUT2D eigenvalue weighted by atomic mass is 35.5. The maximum absolute atomic E-state index is 12.0. The number of nitrogens with one attached hydrogen (secondary N) is 1. The zero-order chi connectivity index (χ0) is 15.9. The molecule has 1 amide bonds. The number of carbonyl (C=O) groups excluding carboxylic acids is 1. The monoisotopic (exact) mass is 323 g/mol. The average molecular weight is 324 g/mol. The van der Waals surface area contributed by atoms with Crippen LogP contribution in [0.15, 0.2) is 24.3 Å². The summed E-state index contributed by atoms with van der Waals surface area (Å²) in [6, 6.07) is 7.70. The average Bonchev–Trinajstić information content (AvgIpc) is 3.26. The van der Waals surface area contributed by atoms with Gasteiger partial charge in [0.05, 0.1) is 0 Å². The summed E-state index contributed by atoms with van der Waals surface area (Å²) in [5.74, 6) is -0.334. The van der Waals surface area contributed by atoms with Crippen LogP contribution in [0.3, 0.4) is 0 Å². The molecule has 1 fully saturated rings. The van der Waals surface area contributed by atoms with Crippen molar-refractivity contribution >= 4 is 23.5 Å². The lowest BCUT2D eigenvalue weighted by atomic mass is 10.1. The zero-order valence-corrected chi connectivity index (χ0v) is 13.3. The fourth-order valence-corrected chi connectivity index (χ4v) is 2.98. The predicted molar refractivity (Wildman–Crippen MR) is 86.0 cm³/mol. The largest absolute Gasteiger partial charge is 0.481 e. The van der Waals surface area contributed by atoms with Crippen molar-refractivity contribution in [2.45, 2.75) is 44.4 Å². The summed E-state index contributed by atoms with van der Waals surface area (Å²) in [5.41, 5.74) is 1.07. The summed E-state index contributed by atoms with van der Waals surface area (Å²) in [4.78, 5) is 22.4. The number of amides is 1. The molecule has 0 aliphatic heterocycles. The molecule has 2 atom stereocenters. The highest BCUT2D eigenvalue weighted by Gasteiger charge is 2.44. The van der Waals surface area contributed by atoms with Crippen LogP contribution in [0.4, 0.5) is 0 Å². The molecular weight excluding hydrogens is 302 g/mol. The van der Waals surface area contributed by atoms with Crippen LogP contribution in [0.5, 0.6) is 0 Å². The Balaban J connectivity index is 1.60. The Hall–Kier alpha value is -1.55. The summed E-state index contributed by atoms with van der Waals surface area (Å²) in [6.07, 6.45) is 4.55. The van der Waals surface area contributed by atoms with Gasteiger partial charge in [-0.3, -0.25) is 9.59 Å². The number of halogens is 1. The van der Waals surface area contributed by atoms with Gasteiger partial charge >= 0.3 is 5.97 Å². The fourth-order valence-electron chi connectivity index (χ4n) is 2.70. The minimum absolute atomic E-state index is 0.0481. The van der Waals surface area contributed by atoms with E-state index < -0.39 is 5.97 Å². The molecule has 0 saturated heterocycles. The van der Waals surface area contributed by atoms with Crippen molar-refractivity contribution in [2.24, 2.45) is 5.92 Å². The topological polar surface area (TPSA) is 66.4 Å². The molecule has 2 rings (SSSR count). The highest BCUT2D eigenvalue weighted by Crippen LogP contribution is 2.49. The van der Waals surface area contributed by atoms with Crippen molar-refractivity contribution in [1.29, 1.82) is 0 Å². The first kappa shape index (κ1) is 16.8. The predicted octanol–water partition coefficient (Wildman–Crippen LogP) is 3.59. The first-order chi connectivity index (χ1) is 10.6. The number of rotatable bonds is 9. The molecule has 2 unspecified atom stereocenters. The maximum Gasteiger partial charge on any atom is 0.303 e. The summed E-state index contributed by atoms with van der Waals surface area (Å²) < 4.78 is 0. The first-order valence-corrected chi connectivity index (χ1v) is 8.21. The van der Waals surface area contributed by atoms with Crippen LogP contribution < -0.4 is 5.32 Å². The quantitative estimate of drug-likeness (QED) is 0.682. The van der Waals surface area contributed by atoms with Crippen molar-refractivity contribution in [3.63, 3.8) is 0 Å². The van der Waals surface area contributed by atoms with Crippen LogP contribution in [-0.4, -0.2) is 23.5 Å². The molecule has 2 N–H and O–H groups in total. The molecule has 0 radical (unpaired) electrons. The van der Waals surface area contributed by atoms with Crippen LogP contribution in [0, 0.1) is 5.92 Å². The summed E-state index contributed by atoms with van der Waals surface area (Å²) in [5, 5.41) is 12.2. The number of hydrogen-bond acceptors (Lipinski definition) is 2. The van der Waals surface area contributed by atoms with Gasteiger partial charge in [-0.15, -0.1) is 0 Å². The third-order valence-electron chi connectivity index (χ3n) is 4.05. The Labute approximate surface area is 135 Å². The number of benzene rings is 1. The van der Waals surface area contributed by atoms with E-state index in [0.29, 0.717) is 13.0 Å². The number of carbonyl (C=O) groups is 2. The van der Waals surface area contributed by atoms with Gasteiger partial charge in [-0.25, -0.2) is 0 Å². The second-order valence-electron chi connectivity index (χ2n) is 5.82. The SMILES string of the molecule is O=C(O)CCCCCCNC(=O)C1CC1c1ccccc1Cl. The van der Waals surface area contributed by atoms with Crippen molar-refractivity contribution < 1.29 is 14.7 Å². The van der Waals surface area contributed by atoms with E-state index in [-0.39, 0.29) is 24.2 Å². The Bertz CT molecular complexity index is 532. The molecule has 1 aliphatic rings. The molecule has 1 aromatic rings. The molecule has 120 valence electrons. The lowest BCUT2D eigenvalue weighted by Crippen LogP contribution is -2.26. The number of unbranched alkanes of at least 4 members (excludes halogenated alkanes) is 3. The van der Waals surface area contributed by atoms with Crippen molar-refractivity contribution in [1.82, 2.24) is 5.32 Å². The molecule has 1 aromatic carbocycles. The molecule has 0 heterocycles. The van der Waals surface area contributed by atoms with E-state index in [2.05, 4.69) is 5.32 Å². The minimum atomic E-state index is -0.743. The van der Waals surface area contributed by atoms with Crippen LogP contribution in [0.1, 0.15) is 50.0 Å². The van der Waals surface area contributed by atoms with E-state index in [1.165, 1.54) is 0 Å². The van der Waals surface area contributed by atoms with Crippen molar-refractivity contribution in [3.05, 3.63) is 34.9 Å². The van der Waals surface area contributed by atoms with Crippen molar-refractivity contribution in [2.75, 3.05) is 6.54 Å². The zero-order valence-electron chi connectivity index (χ0n) is 12.6. The number of hydrogen-bond donors (Lipinski definition) is 2. The van der Waals surface area contributed by atoms with Gasteiger partial charge in [-0.1, -0.05) is 42.6 Å². The van der Waals surface area contributed by atoms with Crippen LogP contribution in [0.25, 0.3) is 0 Å². The van der Waals surface area contributed by atoms with E-state index in [9.17, 15) is 9.59 Å². The molecule has 0 spiro atoms. The third-order valence-corrected chi connectivity index (χ3v) is 4.39. The lowest BCUT2D eigenvalue weighted by molar-refractivity contribution is -0.137. The molecule has 5 heteroatoms. The summed E-state index contributed by atoms with van der Waals surface area (Å²) >= 11 is 6.15. The second-order valence-corrected chi connectivity index (χ2v) is 6.23. The Morgan fingerprint density at radius 2 is 1.91 bits per heavy atom. The Morgan fingerprint density at radius 3 is 2.64 bits per heavy atom. The van der Waals surface area contributed by atoms with Crippen molar-refractivity contribution in [3.8, 4) is 0 Å². The van der Waals surface area contributed by atoms with Gasteiger partial charge < -0.3 is 10.4 Å². The second kappa shape index (κ2) is 8.18. The molecule has 0 bridgehead atoms. The third kappa shape index (κ3) is 5.02. The van der Waals surface area contributed by atoms with Gasteiger partial charge in [-0.05, 0) is 36.8 Å². The highest BCUT2D eigenvalue weighted by molar-refractivity contribution is 6.31. The van der Waals surface area contributed by atoms with E-state index in [1.54, 1.807) is 0 Å². The number of carboxylic acids is 1. The van der Waals surface area contributed by atoms with Gasteiger partial charge in [0.2, 0.25) is 5.91 Å². The number of carboxylic acid groups (broad SMARTS) is 1.